The van der Waals surface area contributed by atoms with E-state index in [0.717, 1.165) is 16.9 Å². The minimum absolute atomic E-state index is 0.565. The van der Waals surface area contributed by atoms with Gasteiger partial charge in [0, 0.05) is 16.4 Å². The average molecular weight is 248 g/mol. The second-order valence-corrected chi connectivity index (χ2v) is 4.36. The Morgan fingerprint density at radius 2 is 1.76 bits per heavy atom. The summed E-state index contributed by atoms with van der Waals surface area (Å²) in [6.07, 6.45) is 0. The van der Waals surface area contributed by atoms with Crippen molar-refractivity contribution in [2.45, 2.75) is 6.92 Å². The summed E-state index contributed by atoms with van der Waals surface area (Å²) < 4.78 is 0. The van der Waals surface area contributed by atoms with Crippen LogP contribution < -0.4 is 16.8 Å². The number of rotatable bonds is 2. The highest BCUT2D eigenvalue weighted by atomic mass is 35.5. The number of halogens is 1. The van der Waals surface area contributed by atoms with E-state index in [-0.39, 0.29) is 0 Å². The van der Waals surface area contributed by atoms with Gasteiger partial charge in [-0.25, -0.2) is 0 Å². The van der Waals surface area contributed by atoms with E-state index in [0.29, 0.717) is 16.4 Å². The van der Waals surface area contributed by atoms with Crippen molar-refractivity contribution < 1.29 is 0 Å². The van der Waals surface area contributed by atoms with Gasteiger partial charge in [-0.05, 0) is 42.8 Å². The molecule has 0 radical (unpaired) electrons. The zero-order valence-corrected chi connectivity index (χ0v) is 10.3. The minimum atomic E-state index is 0.565. The number of nitrogens with one attached hydrogen (secondary N) is 1. The number of hydrogen-bond acceptors (Lipinski definition) is 3. The fraction of sp³-hybridized carbons (Fsp3) is 0.0769. The fourth-order valence-corrected chi connectivity index (χ4v) is 1.71. The third-order valence-corrected chi connectivity index (χ3v) is 2.80. The Labute approximate surface area is 105 Å². The van der Waals surface area contributed by atoms with Crippen molar-refractivity contribution in [1.29, 1.82) is 0 Å². The largest absolute Gasteiger partial charge is 0.397 e. The standard InChI is InChI=1S/C13H14ClN3/c1-8-2-3-9(14)6-13(8)17-10-4-5-11(15)12(16)7-10/h2-7,17H,15-16H2,1H3. The van der Waals surface area contributed by atoms with Gasteiger partial charge in [0.05, 0.1) is 11.4 Å². The van der Waals surface area contributed by atoms with Gasteiger partial charge in [-0.15, -0.1) is 0 Å². The van der Waals surface area contributed by atoms with Crippen LogP contribution in [0.4, 0.5) is 22.7 Å². The normalized spacial score (nSPS) is 10.2. The number of anilines is 4. The molecule has 0 heterocycles. The molecule has 0 spiro atoms. The number of benzene rings is 2. The summed E-state index contributed by atoms with van der Waals surface area (Å²) in [7, 11) is 0. The van der Waals surface area contributed by atoms with Crippen LogP contribution in [-0.2, 0) is 0 Å². The molecule has 2 rings (SSSR count). The van der Waals surface area contributed by atoms with E-state index in [1.54, 1.807) is 12.1 Å². The molecular weight excluding hydrogens is 234 g/mol. The van der Waals surface area contributed by atoms with Crippen LogP contribution in [0.15, 0.2) is 36.4 Å². The lowest BCUT2D eigenvalue weighted by Gasteiger charge is -2.11. The molecule has 88 valence electrons. The first-order valence-corrected chi connectivity index (χ1v) is 5.62. The van der Waals surface area contributed by atoms with Crippen molar-refractivity contribution in [2.75, 3.05) is 16.8 Å². The number of aryl methyl sites for hydroxylation is 1. The maximum absolute atomic E-state index is 5.95. The molecule has 0 saturated heterocycles. The molecule has 5 N–H and O–H groups in total. The monoisotopic (exact) mass is 247 g/mol. The number of hydrogen-bond donors (Lipinski definition) is 3. The highest BCUT2D eigenvalue weighted by Gasteiger charge is 2.02. The van der Waals surface area contributed by atoms with Crippen LogP contribution in [0.1, 0.15) is 5.56 Å². The van der Waals surface area contributed by atoms with Crippen molar-refractivity contribution in [2.24, 2.45) is 0 Å². The van der Waals surface area contributed by atoms with Crippen LogP contribution in [0.2, 0.25) is 5.02 Å². The third kappa shape index (κ3) is 2.63. The van der Waals surface area contributed by atoms with Crippen molar-refractivity contribution in [1.82, 2.24) is 0 Å². The minimum Gasteiger partial charge on any atom is -0.397 e. The van der Waals surface area contributed by atoms with E-state index in [2.05, 4.69) is 5.32 Å². The number of nitrogens with two attached hydrogens (primary N) is 2. The number of nitrogen functional groups attached to an aromatic ring is 2. The Kier molecular flexibility index (Phi) is 3.11. The summed E-state index contributed by atoms with van der Waals surface area (Å²) in [5.74, 6) is 0. The van der Waals surface area contributed by atoms with E-state index in [4.69, 9.17) is 23.1 Å². The summed E-state index contributed by atoms with van der Waals surface area (Å²) in [5, 5.41) is 3.96. The zero-order valence-electron chi connectivity index (χ0n) is 9.50. The van der Waals surface area contributed by atoms with Crippen LogP contribution in [0, 0.1) is 6.92 Å². The quantitative estimate of drug-likeness (QED) is 0.711. The van der Waals surface area contributed by atoms with Crippen molar-refractivity contribution in [3.05, 3.63) is 47.0 Å². The molecule has 0 amide bonds. The van der Waals surface area contributed by atoms with Crippen molar-refractivity contribution in [3.8, 4) is 0 Å². The van der Waals surface area contributed by atoms with Gasteiger partial charge < -0.3 is 16.8 Å². The van der Waals surface area contributed by atoms with Crippen LogP contribution in [0.3, 0.4) is 0 Å². The van der Waals surface area contributed by atoms with Gasteiger partial charge >= 0.3 is 0 Å². The van der Waals surface area contributed by atoms with Gasteiger partial charge in [0.2, 0.25) is 0 Å². The predicted octanol–water partition coefficient (Wildman–Crippen LogP) is 3.56. The lowest BCUT2D eigenvalue weighted by Crippen LogP contribution is -1.97. The topological polar surface area (TPSA) is 64.1 Å². The van der Waals surface area contributed by atoms with Crippen molar-refractivity contribution >= 4 is 34.4 Å². The smallest absolute Gasteiger partial charge is 0.0568 e. The highest BCUT2D eigenvalue weighted by Crippen LogP contribution is 2.26. The maximum Gasteiger partial charge on any atom is 0.0568 e. The molecule has 0 aliphatic rings. The molecule has 0 atom stereocenters. The summed E-state index contributed by atoms with van der Waals surface area (Å²) >= 11 is 5.95. The van der Waals surface area contributed by atoms with E-state index in [9.17, 15) is 0 Å². The van der Waals surface area contributed by atoms with Crippen LogP contribution in [-0.4, -0.2) is 0 Å². The Hall–Kier alpha value is -1.87. The van der Waals surface area contributed by atoms with Gasteiger partial charge in [-0.2, -0.15) is 0 Å². The van der Waals surface area contributed by atoms with Gasteiger partial charge in [0.25, 0.3) is 0 Å². The first-order chi connectivity index (χ1) is 8.06. The van der Waals surface area contributed by atoms with Gasteiger partial charge in [-0.1, -0.05) is 17.7 Å². The van der Waals surface area contributed by atoms with Crippen molar-refractivity contribution in [3.63, 3.8) is 0 Å². The average Bonchev–Trinajstić information content (AvgIpc) is 2.29. The second-order valence-electron chi connectivity index (χ2n) is 3.93. The third-order valence-electron chi connectivity index (χ3n) is 2.57. The second kappa shape index (κ2) is 4.55. The molecule has 0 bridgehead atoms. The Morgan fingerprint density at radius 1 is 1.00 bits per heavy atom. The summed E-state index contributed by atoms with van der Waals surface area (Å²) in [6.45, 7) is 2.01. The maximum atomic E-state index is 5.95. The lowest BCUT2D eigenvalue weighted by atomic mass is 10.2. The first-order valence-electron chi connectivity index (χ1n) is 5.24. The lowest BCUT2D eigenvalue weighted by molar-refractivity contribution is 1.43. The molecule has 3 nitrogen and oxygen atoms in total. The SMILES string of the molecule is Cc1ccc(Cl)cc1Nc1ccc(N)c(N)c1. The zero-order chi connectivity index (χ0) is 12.4. The fourth-order valence-electron chi connectivity index (χ4n) is 1.54. The summed E-state index contributed by atoms with van der Waals surface area (Å²) in [5.41, 5.74) is 15.5. The molecule has 17 heavy (non-hydrogen) atoms. The Balaban J connectivity index is 2.31. The van der Waals surface area contributed by atoms with Gasteiger partial charge in [0.1, 0.15) is 0 Å². The molecule has 0 aromatic heterocycles. The van der Waals surface area contributed by atoms with Crippen LogP contribution >= 0.6 is 11.6 Å². The van der Waals surface area contributed by atoms with E-state index < -0.39 is 0 Å². The van der Waals surface area contributed by atoms with Gasteiger partial charge in [0.15, 0.2) is 0 Å². The predicted molar refractivity (Wildman–Crippen MR) is 74.7 cm³/mol. The van der Waals surface area contributed by atoms with E-state index in [1.165, 1.54) is 0 Å². The molecule has 0 saturated carbocycles. The van der Waals surface area contributed by atoms with Crippen LogP contribution in [0.25, 0.3) is 0 Å². The molecular formula is C13H14ClN3. The Bertz CT molecular complexity index is 552. The van der Waals surface area contributed by atoms with Crippen LogP contribution in [0.5, 0.6) is 0 Å². The summed E-state index contributed by atoms with van der Waals surface area (Å²) in [4.78, 5) is 0. The van der Waals surface area contributed by atoms with E-state index >= 15 is 0 Å². The molecule has 2 aromatic carbocycles. The first kappa shape index (κ1) is 11.6. The molecule has 2 aromatic rings. The molecule has 0 aliphatic heterocycles. The van der Waals surface area contributed by atoms with Gasteiger partial charge in [-0.3, -0.25) is 0 Å². The molecule has 0 unspecified atom stereocenters. The Morgan fingerprint density at radius 3 is 2.47 bits per heavy atom. The molecule has 0 aliphatic carbocycles. The van der Waals surface area contributed by atoms with E-state index in [1.807, 2.05) is 31.2 Å². The highest BCUT2D eigenvalue weighted by molar-refractivity contribution is 6.30. The molecule has 0 fully saturated rings. The summed E-state index contributed by atoms with van der Waals surface area (Å²) in [6, 6.07) is 11.2. The molecule has 4 heteroatoms.